The van der Waals surface area contributed by atoms with E-state index in [-0.39, 0.29) is 11.6 Å². The van der Waals surface area contributed by atoms with Crippen molar-refractivity contribution < 1.29 is 8.91 Å². The standard InChI is InChI=1S/C13H11FN4OS/c1-7-11(20-10(6-15)16-7)13-17-12(18-19-13)8-4-2-3-5-9(8)14/h2-5H,6,15H2,1H3. The third-order valence-corrected chi connectivity index (χ3v) is 3.92. The van der Waals surface area contributed by atoms with Gasteiger partial charge in [-0.05, 0) is 19.1 Å². The fraction of sp³-hybridized carbons (Fsp3) is 0.154. The lowest BCUT2D eigenvalue weighted by Crippen LogP contribution is -1.94. The first kappa shape index (κ1) is 12.9. The number of benzene rings is 1. The van der Waals surface area contributed by atoms with E-state index in [1.807, 2.05) is 6.92 Å². The zero-order valence-electron chi connectivity index (χ0n) is 10.6. The van der Waals surface area contributed by atoms with E-state index in [1.54, 1.807) is 18.2 Å². The molecular weight excluding hydrogens is 279 g/mol. The van der Waals surface area contributed by atoms with E-state index in [1.165, 1.54) is 17.4 Å². The molecule has 2 N–H and O–H groups in total. The van der Waals surface area contributed by atoms with Crippen molar-refractivity contribution in [2.45, 2.75) is 13.5 Å². The van der Waals surface area contributed by atoms with E-state index in [0.717, 1.165) is 15.6 Å². The van der Waals surface area contributed by atoms with Gasteiger partial charge in [0.25, 0.3) is 5.89 Å². The van der Waals surface area contributed by atoms with Gasteiger partial charge in [-0.1, -0.05) is 17.3 Å². The van der Waals surface area contributed by atoms with Crippen LogP contribution >= 0.6 is 11.3 Å². The SMILES string of the molecule is Cc1nc(CN)sc1-c1nc(-c2ccccc2F)no1. The molecule has 0 unspecified atom stereocenters. The third kappa shape index (κ3) is 2.21. The van der Waals surface area contributed by atoms with Gasteiger partial charge in [0.2, 0.25) is 5.82 Å². The first-order chi connectivity index (χ1) is 9.69. The van der Waals surface area contributed by atoms with Crippen LogP contribution in [0.15, 0.2) is 28.8 Å². The lowest BCUT2D eigenvalue weighted by Gasteiger charge is -1.94. The highest BCUT2D eigenvalue weighted by atomic mass is 32.1. The summed E-state index contributed by atoms with van der Waals surface area (Å²) in [4.78, 5) is 9.29. The Morgan fingerprint density at radius 1 is 1.30 bits per heavy atom. The molecule has 0 fully saturated rings. The molecule has 5 nitrogen and oxygen atoms in total. The summed E-state index contributed by atoms with van der Waals surface area (Å²) in [5.74, 6) is 0.168. The highest BCUT2D eigenvalue weighted by Crippen LogP contribution is 2.30. The molecule has 0 atom stereocenters. The summed E-state index contributed by atoms with van der Waals surface area (Å²) in [5.41, 5.74) is 6.64. The van der Waals surface area contributed by atoms with E-state index >= 15 is 0 Å². The lowest BCUT2D eigenvalue weighted by molar-refractivity contribution is 0.432. The van der Waals surface area contributed by atoms with Crippen molar-refractivity contribution in [3.05, 3.63) is 40.8 Å². The Labute approximate surface area is 118 Å². The molecule has 0 aliphatic carbocycles. The van der Waals surface area contributed by atoms with E-state index in [2.05, 4.69) is 15.1 Å². The Hall–Kier alpha value is -2.12. The van der Waals surface area contributed by atoms with Crippen molar-refractivity contribution in [1.29, 1.82) is 0 Å². The van der Waals surface area contributed by atoms with Gasteiger partial charge in [-0.3, -0.25) is 0 Å². The summed E-state index contributed by atoms with van der Waals surface area (Å²) in [6, 6.07) is 6.30. The van der Waals surface area contributed by atoms with Crippen molar-refractivity contribution in [3.63, 3.8) is 0 Å². The second-order valence-corrected chi connectivity index (χ2v) is 5.21. The Balaban J connectivity index is 2.02. The van der Waals surface area contributed by atoms with Crippen LogP contribution in [-0.2, 0) is 6.54 Å². The van der Waals surface area contributed by atoms with Crippen LogP contribution in [0.25, 0.3) is 22.2 Å². The van der Waals surface area contributed by atoms with Gasteiger partial charge in [0.15, 0.2) is 0 Å². The maximum atomic E-state index is 13.7. The van der Waals surface area contributed by atoms with Crippen molar-refractivity contribution in [1.82, 2.24) is 15.1 Å². The predicted molar refractivity (Wildman–Crippen MR) is 73.4 cm³/mol. The molecule has 7 heteroatoms. The number of nitrogens with zero attached hydrogens (tertiary/aromatic N) is 3. The minimum Gasteiger partial charge on any atom is -0.333 e. The predicted octanol–water partition coefficient (Wildman–Crippen LogP) is 2.77. The topological polar surface area (TPSA) is 77.8 Å². The number of halogens is 1. The fourth-order valence-electron chi connectivity index (χ4n) is 1.81. The van der Waals surface area contributed by atoms with Crippen molar-refractivity contribution in [2.24, 2.45) is 5.73 Å². The van der Waals surface area contributed by atoms with Crippen molar-refractivity contribution in [3.8, 4) is 22.2 Å². The van der Waals surface area contributed by atoms with Gasteiger partial charge < -0.3 is 10.3 Å². The molecule has 0 saturated carbocycles. The number of rotatable bonds is 3. The second-order valence-electron chi connectivity index (χ2n) is 4.13. The van der Waals surface area contributed by atoms with Gasteiger partial charge in [-0.2, -0.15) is 4.98 Å². The molecule has 0 aliphatic heterocycles. The van der Waals surface area contributed by atoms with E-state index in [0.29, 0.717) is 18.0 Å². The zero-order chi connectivity index (χ0) is 14.1. The maximum Gasteiger partial charge on any atom is 0.270 e. The number of aryl methyl sites for hydroxylation is 1. The van der Waals surface area contributed by atoms with Crippen LogP contribution in [0.5, 0.6) is 0 Å². The van der Waals surface area contributed by atoms with E-state index < -0.39 is 0 Å². The molecule has 1 aromatic carbocycles. The minimum absolute atomic E-state index is 0.222. The Morgan fingerprint density at radius 2 is 2.10 bits per heavy atom. The quantitative estimate of drug-likeness (QED) is 0.802. The Kier molecular flexibility index (Phi) is 3.29. The first-order valence-electron chi connectivity index (χ1n) is 5.94. The molecule has 102 valence electrons. The van der Waals surface area contributed by atoms with Gasteiger partial charge in [0.1, 0.15) is 15.7 Å². The molecule has 3 aromatic rings. The highest BCUT2D eigenvalue weighted by Gasteiger charge is 2.18. The summed E-state index contributed by atoms with van der Waals surface area (Å²) in [6.07, 6.45) is 0. The lowest BCUT2D eigenvalue weighted by atomic mass is 10.2. The molecule has 0 bridgehead atoms. The highest BCUT2D eigenvalue weighted by molar-refractivity contribution is 7.15. The van der Waals surface area contributed by atoms with Crippen LogP contribution in [0.1, 0.15) is 10.7 Å². The first-order valence-corrected chi connectivity index (χ1v) is 6.76. The third-order valence-electron chi connectivity index (χ3n) is 2.75. The van der Waals surface area contributed by atoms with E-state index in [4.69, 9.17) is 10.3 Å². The smallest absolute Gasteiger partial charge is 0.270 e. The Morgan fingerprint density at radius 3 is 2.80 bits per heavy atom. The zero-order valence-corrected chi connectivity index (χ0v) is 11.4. The molecule has 2 heterocycles. The summed E-state index contributed by atoms with van der Waals surface area (Å²) < 4.78 is 18.9. The average Bonchev–Trinajstić information content (AvgIpc) is 3.05. The number of hydrogen-bond acceptors (Lipinski definition) is 6. The van der Waals surface area contributed by atoms with Gasteiger partial charge in [0.05, 0.1) is 11.3 Å². The number of aromatic nitrogens is 3. The average molecular weight is 290 g/mol. The monoisotopic (exact) mass is 290 g/mol. The molecule has 3 rings (SSSR count). The molecule has 0 aliphatic rings. The van der Waals surface area contributed by atoms with Crippen LogP contribution in [0.2, 0.25) is 0 Å². The second kappa shape index (κ2) is 5.10. The van der Waals surface area contributed by atoms with Crippen molar-refractivity contribution in [2.75, 3.05) is 0 Å². The fourth-order valence-corrected chi connectivity index (χ4v) is 2.67. The van der Waals surface area contributed by atoms with Crippen LogP contribution in [0.4, 0.5) is 4.39 Å². The van der Waals surface area contributed by atoms with Crippen molar-refractivity contribution >= 4 is 11.3 Å². The summed E-state index contributed by atoms with van der Waals surface area (Å²) in [6.45, 7) is 2.21. The molecule has 0 radical (unpaired) electrons. The normalized spacial score (nSPS) is 10.9. The maximum absolute atomic E-state index is 13.7. The van der Waals surface area contributed by atoms with E-state index in [9.17, 15) is 4.39 Å². The van der Waals surface area contributed by atoms with Gasteiger partial charge in [0, 0.05) is 6.54 Å². The molecular formula is C13H11FN4OS. The van der Waals surface area contributed by atoms with Crippen LogP contribution < -0.4 is 5.73 Å². The molecule has 0 amide bonds. The Bertz CT molecular complexity index is 752. The molecule has 0 spiro atoms. The minimum atomic E-state index is -0.386. The number of thiazole rings is 1. The number of hydrogen-bond donors (Lipinski definition) is 1. The molecule has 20 heavy (non-hydrogen) atoms. The van der Waals surface area contributed by atoms with Gasteiger partial charge in [-0.15, -0.1) is 11.3 Å². The number of nitrogens with two attached hydrogens (primary N) is 1. The summed E-state index contributed by atoms with van der Waals surface area (Å²) in [7, 11) is 0. The van der Waals surface area contributed by atoms with Gasteiger partial charge >= 0.3 is 0 Å². The summed E-state index contributed by atoms with van der Waals surface area (Å²) in [5, 5.41) is 4.62. The van der Waals surface area contributed by atoms with Crippen LogP contribution in [-0.4, -0.2) is 15.1 Å². The molecule has 0 saturated heterocycles. The largest absolute Gasteiger partial charge is 0.333 e. The van der Waals surface area contributed by atoms with Crippen LogP contribution in [0, 0.1) is 12.7 Å². The van der Waals surface area contributed by atoms with Gasteiger partial charge in [-0.25, -0.2) is 9.37 Å². The van der Waals surface area contributed by atoms with Crippen LogP contribution in [0.3, 0.4) is 0 Å². The molecule has 2 aromatic heterocycles. The summed E-state index contributed by atoms with van der Waals surface area (Å²) >= 11 is 1.40.